The predicted molar refractivity (Wildman–Crippen MR) is 54.9 cm³/mol. The molecular weight excluding hydrogens is 189 g/mol. The fraction of sp³-hybridized carbons (Fsp3) is 0.400. The van der Waals surface area contributed by atoms with Gasteiger partial charge in [0.2, 0.25) is 0 Å². The summed E-state index contributed by atoms with van der Waals surface area (Å²) in [6.07, 6.45) is 0. The van der Waals surface area contributed by atoms with E-state index in [1.54, 1.807) is 6.07 Å². The van der Waals surface area contributed by atoms with Crippen LogP contribution in [0.15, 0.2) is 18.2 Å². The smallest absolute Gasteiger partial charge is 0.146 e. The Bertz CT molecular complexity index is 288. The fourth-order valence-corrected chi connectivity index (χ4v) is 1.47. The van der Waals surface area contributed by atoms with E-state index in [0.717, 1.165) is 12.1 Å². The summed E-state index contributed by atoms with van der Waals surface area (Å²) in [4.78, 5) is 1.85. The Hall–Kier alpha value is -0.760. The minimum atomic E-state index is -0.206. The van der Waals surface area contributed by atoms with E-state index >= 15 is 0 Å². The Morgan fingerprint density at radius 2 is 2.15 bits per heavy atom. The van der Waals surface area contributed by atoms with Crippen molar-refractivity contribution < 1.29 is 4.39 Å². The summed E-state index contributed by atoms with van der Waals surface area (Å²) in [5.41, 5.74) is 1.45. The van der Waals surface area contributed by atoms with Gasteiger partial charge in [-0.2, -0.15) is 0 Å². The Labute approximate surface area is 83.1 Å². The number of hydrogen-bond donors (Lipinski definition) is 0. The molecule has 0 N–H and O–H groups in total. The third-order valence-corrected chi connectivity index (χ3v) is 2.36. The van der Waals surface area contributed by atoms with E-state index in [9.17, 15) is 4.39 Å². The van der Waals surface area contributed by atoms with Crippen molar-refractivity contribution in [2.75, 3.05) is 18.5 Å². The fourth-order valence-electron chi connectivity index (χ4n) is 1.25. The maximum atomic E-state index is 13.4. The highest BCUT2D eigenvalue weighted by molar-refractivity contribution is 6.17. The molecule has 0 aliphatic rings. The minimum Gasteiger partial charge on any atom is -0.372 e. The van der Waals surface area contributed by atoms with Crippen molar-refractivity contribution in [1.29, 1.82) is 0 Å². The highest BCUT2D eigenvalue weighted by atomic mass is 35.5. The van der Waals surface area contributed by atoms with Gasteiger partial charge in [-0.05, 0) is 18.6 Å². The van der Waals surface area contributed by atoms with Crippen LogP contribution >= 0.6 is 11.6 Å². The zero-order valence-corrected chi connectivity index (χ0v) is 8.61. The largest absolute Gasteiger partial charge is 0.372 e. The van der Waals surface area contributed by atoms with E-state index in [2.05, 4.69) is 0 Å². The van der Waals surface area contributed by atoms with Crippen LogP contribution < -0.4 is 4.90 Å². The molecule has 1 rings (SSSR count). The summed E-state index contributed by atoms with van der Waals surface area (Å²) in [7, 11) is 1.86. The number of halogens is 2. The van der Waals surface area contributed by atoms with E-state index in [-0.39, 0.29) is 5.82 Å². The summed E-state index contributed by atoms with van der Waals surface area (Å²) in [5, 5.41) is 0. The minimum absolute atomic E-state index is 0.206. The topological polar surface area (TPSA) is 3.24 Å². The van der Waals surface area contributed by atoms with Gasteiger partial charge in [-0.25, -0.2) is 4.39 Å². The average Bonchev–Trinajstić information content (AvgIpc) is 2.16. The van der Waals surface area contributed by atoms with Gasteiger partial charge in [0.1, 0.15) is 5.82 Å². The zero-order valence-electron chi connectivity index (χ0n) is 7.85. The van der Waals surface area contributed by atoms with Crippen molar-refractivity contribution in [3.8, 4) is 0 Å². The lowest BCUT2D eigenvalue weighted by Crippen LogP contribution is -2.18. The molecule has 72 valence electrons. The van der Waals surface area contributed by atoms with Gasteiger partial charge in [0, 0.05) is 19.5 Å². The summed E-state index contributed by atoms with van der Waals surface area (Å²) >= 11 is 5.71. The van der Waals surface area contributed by atoms with Gasteiger partial charge in [-0.15, -0.1) is 11.6 Å². The maximum absolute atomic E-state index is 13.4. The van der Waals surface area contributed by atoms with Crippen molar-refractivity contribution in [3.05, 3.63) is 29.6 Å². The number of anilines is 1. The second-order valence-corrected chi connectivity index (χ2v) is 3.16. The number of rotatable bonds is 3. The molecule has 0 bridgehead atoms. The summed E-state index contributed by atoms with van der Waals surface area (Å²) in [5.74, 6) is 0.139. The first kappa shape index (κ1) is 10.3. The van der Waals surface area contributed by atoms with Crippen LogP contribution in [0.2, 0.25) is 0 Å². The third-order valence-electron chi connectivity index (χ3n) is 2.07. The predicted octanol–water partition coefficient (Wildman–Crippen LogP) is 3.02. The Kier molecular flexibility index (Phi) is 3.55. The molecule has 0 radical (unpaired) electrons. The number of para-hydroxylation sites is 1. The number of benzene rings is 1. The van der Waals surface area contributed by atoms with Crippen LogP contribution in [0.25, 0.3) is 0 Å². The van der Waals surface area contributed by atoms with Crippen LogP contribution in [0.1, 0.15) is 12.5 Å². The lowest BCUT2D eigenvalue weighted by atomic mass is 10.2. The molecule has 1 aromatic rings. The van der Waals surface area contributed by atoms with E-state index in [0.29, 0.717) is 11.6 Å². The molecule has 0 heterocycles. The SMILES string of the molecule is CCN(C)c1c(F)cccc1CCl. The number of nitrogens with zero attached hydrogens (tertiary/aromatic N) is 1. The van der Waals surface area contributed by atoms with E-state index in [4.69, 9.17) is 11.6 Å². The average molecular weight is 202 g/mol. The Morgan fingerprint density at radius 3 is 2.69 bits per heavy atom. The summed E-state index contributed by atoms with van der Waals surface area (Å²) < 4.78 is 13.4. The number of hydrogen-bond acceptors (Lipinski definition) is 1. The van der Waals surface area contributed by atoms with Crippen LogP contribution in [0, 0.1) is 5.82 Å². The molecular formula is C10H13ClFN. The van der Waals surface area contributed by atoms with Crippen molar-refractivity contribution >= 4 is 17.3 Å². The van der Waals surface area contributed by atoms with E-state index in [1.807, 2.05) is 24.9 Å². The first-order valence-corrected chi connectivity index (χ1v) is 4.78. The third kappa shape index (κ3) is 2.13. The van der Waals surface area contributed by atoms with Gasteiger partial charge in [-0.3, -0.25) is 0 Å². The zero-order chi connectivity index (χ0) is 9.84. The quantitative estimate of drug-likeness (QED) is 0.680. The second-order valence-electron chi connectivity index (χ2n) is 2.90. The highest BCUT2D eigenvalue weighted by Gasteiger charge is 2.10. The molecule has 1 aromatic carbocycles. The Morgan fingerprint density at radius 1 is 1.46 bits per heavy atom. The van der Waals surface area contributed by atoms with Gasteiger partial charge in [0.25, 0.3) is 0 Å². The highest BCUT2D eigenvalue weighted by Crippen LogP contribution is 2.24. The van der Waals surface area contributed by atoms with Gasteiger partial charge in [0.15, 0.2) is 0 Å². The van der Waals surface area contributed by atoms with Crippen molar-refractivity contribution in [2.45, 2.75) is 12.8 Å². The van der Waals surface area contributed by atoms with Crippen LogP contribution in [-0.2, 0) is 5.88 Å². The van der Waals surface area contributed by atoms with E-state index in [1.165, 1.54) is 6.07 Å². The molecule has 0 fully saturated rings. The van der Waals surface area contributed by atoms with Gasteiger partial charge < -0.3 is 4.90 Å². The molecule has 0 aliphatic heterocycles. The molecule has 0 amide bonds. The van der Waals surface area contributed by atoms with Crippen LogP contribution in [0.5, 0.6) is 0 Å². The van der Waals surface area contributed by atoms with Crippen LogP contribution in [0.4, 0.5) is 10.1 Å². The van der Waals surface area contributed by atoms with Crippen molar-refractivity contribution in [2.24, 2.45) is 0 Å². The molecule has 13 heavy (non-hydrogen) atoms. The lowest BCUT2D eigenvalue weighted by molar-refractivity contribution is 0.622. The maximum Gasteiger partial charge on any atom is 0.146 e. The van der Waals surface area contributed by atoms with Crippen molar-refractivity contribution in [3.63, 3.8) is 0 Å². The summed E-state index contributed by atoms with van der Waals surface area (Å²) in [6.45, 7) is 2.75. The van der Waals surface area contributed by atoms with Crippen LogP contribution in [0.3, 0.4) is 0 Å². The molecule has 0 saturated heterocycles. The lowest BCUT2D eigenvalue weighted by Gasteiger charge is -2.20. The molecule has 3 heteroatoms. The second kappa shape index (κ2) is 4.47. The molecule has 0 saturated carbocycles. The molecule has 0 spiro atoms. The normalized spacial score (nSPS) is 10.2. The monoisotopic (exact) mass is 201 g/mol. The molecule has 1 nitrogen and oxygen atoms in total. The van der Waals surface area contributed by atoms with E-state index < -0.39 is 0 Å². The van der Waals surface area contributed by atoms with Gasteiger partial charge >= 0.3 is 0 Å². The first-order valence-electron chi connectivity index (χ1n) is 4.25. The van der Waals surface area contributed by atoms with Crippen molar-refractivity contribution in [1.82, 2.24) is 0 Å². The van der Waals surface area contributed by atoms with Gasteiger partial charge in [-0.1, -0.05) is 12.1 Å². The molecule has 0 atom stereocenters. The molecule has 0 unspecified atom stereocenters. The molecule has 0 aromatic heterocycles. The standard InChI is InChI=1S/C10H13ClFN/c1-3-13(2)10-8(7-11)5-4-6-9(10)12/h4-6H,3,7H2,1-2H3. The number of alkyl halides is 1. The van der Waals surface area contributed by atoms with Gasteiger partial charge in [0.05, 0.1) is 5.69 Å². The molecule has 0 aliphatic carbocycles. The summed E-state index contributed by atoms with van der Waals surface area (Å²) in [6, 6.07) is 4.98. The Balaban J connectivity index is 3.14. The van der Waals surface area contributed by atoms with Crippen LogP contribution in [-0.4, -0.2) is 13.6 Å². The first-order chi connectivity index (χ1) is 6.20.